The van der Waals surface area contributed by atoms with Crippen molar-refractivity contribution in [3.05, 3.63) is 83.9 Å². The molecule has 3 heterocycles. The minimum absolute atomic E-state index is 0.0186. The molecule has 4 nitrogen and oxygen atoms in total. The Labute approximate surface area is 172 Å². The van der Waals surface area contributed by atoms with Crippen molar-refractivity contribution in [2.75, 3.05) is 6.54 Å². The summed E-state index contributed by atoms with van der Waals surface area (Å²) in [5.41, 5.74) is 4.68. The molecule has 1 aliphatic rings. The Hall–Kier alpha value is -2.66. The lowest BCUT2D eigenvalue weighted by molar-refractivity contribution is 0.280. The minimum Gasteiger partial charge on any atom is -0.352 e. The van der Waals surface area contributed by atoms with Crippen LogP contribution in [0.1, 0.15) is 42.9 Å². The lowest BCUT2D eigenvalue weighted by Crippen LogP contribution is -2.33. The lowest BCUT2D eigenvalue weighted by atomic mass is 10.00. The first-order valence-corrected chi connectivity index (χ1v) is 10.2. The third-order valence-electron chi connectivity index (χ3n) is 5.22. The van der Waals surface area contributed by atoms with Crippen LogP contribution in [0.4, 0.5) is 0 Å². The summed E-state index contributed by atoms with van der Waals surface area (Å²) >= 11 is 5.75. The van der Waals surface area contributed by atoms with Gasteiger partial charge in [-0.1, -0.05) is 38.1 Å². The van der Waals surface area contributed by atoms with E-state index >= 15 is 0 Å². The quantitative estimate of drug-likeness (QED) is 0.634. The molecule has 3 aromatic rings. The van der Waals surface area contributed by atoms with Crippen LogP contribution in [0.5, 0.6) is 0 Å². The van der Waals surface area contributed by atoms with Crippen molar-refractivity contribution in [1.29, 1.82) is 0 Å². The standard InChI is InChI=1S/C23H26N4S/c1-16(2)15-27-22(21(25-23(27)28)18-10-6-7-13-24-18)20-12-8-14-26(20)19-11-5-4-9-17(19)3/h4-14,16,21-22H,15H2,1-3H3,(H,25,28)/t21-,22-/m1/s1. The van der Waals surface area contributed by atoms with Crippen LogP contribution in [0.15, 0.2) is 67.0 Å². The topological polar surface area (TPSA) is 33.1 Å². The van der Waals surface area contributed by atoms with E-state index in [1.54, 1.807) is 0 Å². The van der Waals surface area contributed by atoms with Crippen LogP contribution in [0.25, 0.3) is 5.69 Å². The van der Waals surface area contributed by atoms with Crippen LogP contribution < -0.4 is 5.32 Å². The van der Waals surface area contributed by atoms with Gasteiger partial charge in [0.1, 0.15) is 0 Å². The van der Waals surface area contributed by atoms with Gasteiger partial charge in [-0.15, -0.1) is 0 Å². The first kappa shape index (κ1) is 18.7. The highest BCUT2D eigenvalue weighted by Gasteiger charge is 2.41. The molecule has 28 heavy (non-hydrogen) atoms. The fourth-order valence-corrected chi connectivity index (χ4v) is 4.32. The van der Waals surface area contributed by atoms with Crippen LogP contribution in [0, 0.1) is 12.8 Å². The molecule has 0 bridgehead atoms. The molecule has 0 amide bonds. The molecule has 1 aromatic carbocycles. The number of benzene rings is 1. The molecule has 1 N–H and O–H groups in total. The van der Waals surface area contributed by atoms with Gasteiger partial charge in [0.25, 0.3) is 0 Å². The molecule has 4 rings (SSSR count). The zero-order valence-corrected chi connectivity index (χ0v) is 17.4. The van der Waals surface area contributed by atoms with E-state index in [0.29, 0.717) is 5.92 Å². The van der Waals surface area contributed by atoms with E-state index in [4.69, 9.17) is 12.2 Å². The van der Waals surface area contributed by atoms with Gasteiger partial charge >= 0.3 is 0 Å². The summed E-state index contributed by atoms with van der Waals surface area (Å²) in [5, 5.41) is 4.34. The summed E-state index contributed by atoms with van der Waals surface area (Å²) in [6.45, 7) is 7.51. The normalized spacial score (nSPS) is 19.3. The molecule has 1 aliphatic heterocycles. The molecular formula is C23H26N4S. The zero-order chi connectivity index (χ0) is 19.7. The van der Waals surface area contributed by atoms with Crippen molar-refractivity contribution in [2.45, 2.75) is 32.9 Å². The number of hydrogen-bond acceptors (Lipinski definition) is 2. The fourth-order valence-electron chi connectivity index (χ4n) is 4.01. The Morgan fingerprint density at radius 3 is 2.57 bits per heavy atom. The summed E-state index contributed by atoms with van der Waals surface area (Å²) in [6.07, 6.45) is 3.99. The molecule has 2 aromatic heterocycles. The van der Waals surface area contributed by atoms with Crippen molar-refractivity contribution in [3.8, 4) is 5.69 Å². The van der Waals surface area contributed by atoms with E-state index in [1.807, 2.05) is 18.3 Å². The number of nitrogens with zero attached hydrogens (tertiary/aromatic N) is 3. The lowest BCUT2D eigenvalue weighted by Gasteiger charge is -2.30. The van der Waals surface area contributed by atoms with E-state index < -0.39 is 0 Å². The molecule has 0 saturated carbocycles. The van der Waals surface area contributed by atoms with E-state index in [9.17, 15) is 0 Å². The Morgan fingerprint density at radius 1 is 1.07 bits per heavy atom. The van der Waals surface area contributed by atoms with Gasteiger partial charge in [-0.3, -0.25) is 4.98 Å². The summed E-state index contributed by atoms with van der Waals surface area (Å²) in [6, 6.07) is 19.0. The van der Waals surface area contributed by atoms with Gasteiger partial charge in [-0.05, 0) is 61.0 Å². The van der Waals surface area contributed by atoms with Gasteiger partial charge in [-0.2, -0.15) is 0 Å². The highest BCUT2D eigenvalue weighted by Crippen LogP contribution is 2.40. The fraction of sp³-hybridized carbons (Fsp3) is 0.304. The first-order valence-electron chi connectivity index (χ1n) is 9.77. The molecule has 0 radical (unpaired) electrons. The van der Waals surface area contributed by atoms with Crippen molar-refractivity contribution >= 4 is 17.3 Å². The number of aromatic nitrogens is 2. The number of rotatable bonds is 5. The number of para-hydroxylation sites is 1. The second kappa shape index (κ2) is 7.76. The van der Waals surface area contributed by atoms with Gasteiger partial charge in [0, 0.05) is 30.3 Å². The summed E-state index contributed by atoms with van der Waals surface area (Å²) in [7, 11) is 0. The maximum atomic E-state index is 5.75. The Morgan fingerprint density at radius 2 is 1.86 bits per heavy atom. The van der Waals surface area contributed by atoms with E-state index in [1.165, 1.54) is 16.9 Å². The number of nitrogens with one attached hydrogen (secondary N) is 1. The number of pyridine rings is 1. The van der Waals surface area contributed by atoms with Gasteiger partial charge in [0.05, 0.1) is 17.8 Å². The van der Waals surface area contributed by atoms with Gasteiger partial charge in [0.15, 0.2) is 5.11 Å². The number of thiocarbonyl (C=S) groups is 1. The van der Waals surface area contributed by atoms with Gasteiger partial charge in [-0.25, -0.2) is 0 Å². The van der Waals surface area contributed by atoms with Crippen molar-refractivity contribution in [2.24, 2.45) is 5.92 Å². The van der Waals surface area contributed by atoms with Crippen LogP contribution in [-0.2, 0) is 0 Å². The Balaban J connectivity index is 1.83. The Kier molecular flexibility index (Phi) is 5.18. The second-order valence-electron chi connectivity index (χ2n) is 7.76. The van der Waals surface area contributed by atoms with E-state index in [2.05, 4.69) is 89.2 Å². The highest BCUT2D eigenvalue weighted by molar-refractivity contribution is 7.80. The van der Waals surface area contributed by atoms with Gasteiger partial charge < -0.3 is 14.8 Å². The summed E-state index contributed by atoms with van der Waals surface area (Å²) in [4.78, 5) is 6.95. The molecular weight excluding hydrogens is 364 g/mol. The SMILES string of the molecule is Cc1ccccc1-n1cccc1[C@@H]1[C@@H](c2ccccn2)NC(=S)N1CC(C)C. The largest absolute Gasteiger partial charge is 0.352 e. The maximum absolute atomic E-state index is 5.75. The van der Waals surface area contributed by atoms with E-state index in [0.717, 1.165) is 17.4 Å². The number of aryl methyl sites for hydroxylation is 1. The molecule has 0 aliphatic carbocycles. The van der Waals surface area contributed by atoms with Crippen LogP contribution >= 0.6 is 12.2 Å². The van der Waals surface area contributed by atoms with Crippen LogP contribution in [0.2, 0.25) is 0 Å². The first-order chi connectivity index (χ1) is 13.6. The molecule has 2 atom stereocenters. The highest BCUT2D eigenvalue weighted by atomic mass is 32.1. The third kappa shape index (κ3) is 3.42. The maximum Gasteiger partial charge on any atom is 0.170 e. The smallest absolute Gasteiger partial charge is 0.170 e. The average molecular weight is 391 g/mol. The summed E-state index contributed by atoms with van der Waals surface area (Å²) < 4.78 is 2.29. The van der Waals surface area contributed by atoms with Crippen molar-refractivity contribution < 1.29 is 0 Å². The molecule has 1 saturated heterocycles. The molecule has 1 fully saturated rings. The predicted molar refractivity (Wildman–Crippen MR) is 118 cm³/mol. The van der Waals surface area contributed by atoms with Crippen molar-refractivity contribution in [3.63, 3.8) is 0 Å². The number of hydrogen-bond donors (Lipinski definition) is 1. The average Bonchev–Trinajstić information content (AvgIpc) is 3.27. The van der Waals surface area contributed by atoms with Gasteiger partial charge in [0.2, 0.25) is 0 Å². The van der Waals surface area contributed by atoms with E-state index in [-0.39, 0.29) is 12.1 Å². The molecule has 0 unspecified atom stereocenters. The van der Waals surface area contributed by atoms with Crippen LogP contribution in [-0.4, -0.2) is 26.1 Å². The molecule has 5 heteroatoms. The minimum atomic E-state index is 0.0186. The molecule has 144 valence electrons. The monoisotopic (exact) mass is 390 g/mol. The second-order valence-corrected chi connectivity index (χ2v) is 8.15. The Bertz CT molecular complexity index is 963. The van der Waals surface area contributed by atoms with Crippen LogP contribution in [0.3, 0.4) is 0 Å². The predicted octanol–water partition coefficient (Wildman–Crippen LogP) is 4.81. The van der Waals surface area contributed by atoms with Crippen molar-refractivity contribution in [1.82, 2.24) is 19.8 Å². The summed E-state index contributed by atoms with van der Waals surface area (Å²) in [5.74, 6) is 0.506. The third-order valence-corrected chi connectivity index (χ3v) is 5.57. The molecule has 0 spiro atoms. The zero-order valence-electron chi connectivity index (χ0n) is 16.5.